The molecule has 2 aromatic carbocycles. The second kappa shape index (κ2) is 7.57. The van der Waals surface area contributed by atoms with E-state index in [1.165, 1.54) is 47.7 Å². The summed E-state index contributed by atoms with van der Waals surface area (Å²) < 4.78 is 14.7. The average molecular weight is 335 g/mol. The summed E-state index contributed by atoms with van der Waals surface area (Å²) in [5.41, 5.74) is 2.86. The number of hydrogen-bond acceptors (Lipinski definition) is 3. The van der Waals surface area contributed by atoms with Gasteiger partial charge in [0.05, 0.1) is 6.54 Å². The molecule has 0 bridgehead atoms. The number of aryl methyl sites for hydroxylation is 1. The molecule has 0 spiro atoms. The van der Waals surface area contributed by atoms with Gasteiger partial charge in [-0.2, -0.15) is 5.10 Å². The van der Waals surface area contributed by atoms with E-state index in [0.29, 0.717) is 17.9 Å². The lowest BCUT2D eigenvalue weighted by atomic mass is 10.1. The fourth-order valence-corrected chi connectivity index (χ4v) is 2.40. The average Bonchev–Trinajstić information content (AvgIpc) is 3.05. The predicted octanol–water partition coefficient (Wildman–Crippen LogP) is 4.19. The first-order chi connectivity index (χ1) is 12.1. The van der Waals surface area contributed by atoms with E-state index < -0.39 is 0 Å². The maximum atomic E-state index is 12.9. The molecule has 0 radical (unpaired) electrons. The van der Waals surface area contributed by atoms with Crippen LogP contribution in [0, 0.1) is 12.7 Å². The minimum atomic E-state index is -0.363. The maximum Gasteiger partial charge on any atom is 0.187 e. The van der Waals surface area contributed by atoms with Crippen LogP contribution in [0.2, 0.25) is 0 Å². The quantitative estimate of drug-likeness (QED) is 0.543. The Kier molecular flexibility index (Phi) is 5.04. The van der Waals surface area contributed by atoms with Crippen molar-refractivity contribution in [2.24, 2.45) is 0 Å². The molecule has 0 amide bonds. The highest BCUT2D eigenvalue weighted by molar-refractivity contribution is 6.04. The number of rotatable bonds is 6. The first-order valence-corrected chi connectivity index (χ1v) is 7.93. The zero-order chi connectivity index (χ0) is 17.6. The van der Waals surface area contributed by atoms with Gasteiger partial charge in [-0.1, -0.05) is 24.3 Å². The van der Waals surface area contributed by atoms with E-state index >= 15 is 0 Å². The standard InChI is InChI=1S/C20H18FN3O/c1-15-4-2-3-5-17(15)14-24-13-11-20(23-24)22-12-10-19(25)16-6-8-18(21)9-7-16/h2-13H,14H2,1H3,(H,22,23)/b12-10+. The Labute approximate surface area is 145 Å². The van der Waals surface area contributed by atoms with Crippen molar-refractivity contribution in [1.82, 2.24) is 9.78 Å². The van der Waals surface area contributed by atoms with E-state index in [1.807, 2.05) is 29.1 Å². The van der Waals surface area contributed by atoms with Crippen LogP contribution in [-0.2, 0) is 6.54 Å². The van der Waals surface area contributed by atoms with Gasteiger partial charge in [-0.15, -0.1) is 0 Å². The smallest absolute Gasteiger partial charge is 0.187 e. The van der Waals surface area contributed by atoms with Gasteiger partial charge < -0.3 is 5.32 Å². The van der Waals surface area contributed by atoms with Crippen molar-refractivity contribution >= 4 is 11.6 Å². The van der Waals surface area contributed by atoms with E-state index in [1.54, 1.807) is 0 Å². The third kappa shape index (κ3) is 4.41. The first kappa shape index (κ1) is 16.6. The van der Waals surface area contributed by atoms with E-state index in [4.69, 9.17) is 0 Å². The van der Waals surface area contributed by atoms with Crippen molar-refractivity contribution in [2.75, 3.05) is 5.32 Å². The number of benzene rings is 2. The normalized spacial score (nSPS) is 11.0. The Morgan fingerprint density at radius 3 is 2.68 bits per heavy atom. The van der Waals surface area contributed by atoms with Crippen LogP contribution in [0.4, 0.5) is 10.2 Å². The van der Waals surface area contributed by atoms with Gasteiger partial charge in [0.25, 0.3) is 0 Å². The van der Waals surface area contributed by atoms with Gasteiger partial charge in [0, 0.05) is 30.1 Å². The van der Waals surface area contributed by atoms with Crippen molar-refractivity contribution in [3.05, 3.63) is 95.6 Å². The van der Waals surface area contributed by atoms with Crippen molar-refractivity contribution < 1.29 is 9.18 Å². The van der Waals surface area contributed by atoms with Crippen LogP contribution in [0.25, 0.3) is 0 Å². The molecule has 0 unspecified atom stereocenters. The highest BCUT2D eigenvalue weighted by atomic mass is 19.1. The van der Waals surface area contributed by atoms with Crippen molar-refractivity contribution in [3.8, 4) is 0 Å². The lowest BCUT2D eigenvalue weighted by Crippen LogP contribution is -2.02. The molecule has 0 saturated carbocycles. The lowest BCUT2D eigenvalue weighted by molar-refractivity contribution is 0.104. The van der Waals surface area contributed by atoms with E-state index in [-0.39, 0.29) is 11.6 Å². The molecule has 5 heteroatoms. The number of ketones is 1. The fraction of sp³-hybridized carbons (Fsp3) is 0.100. The molecule has 4 nitrogen and oxygen atoms in total. The lowest BCUT2D eigenvalue weighted by Gasteiger charge is -2.05. The number of hydrogen-bond donors (Lipinski definition) is 1. The summed E-state index contributed by atoms with van der Waals surface area (Å²) in [5.74, 6) is 0.0847. The van der Waals surface area contributed by atoms with Gasteiger partial charge in [-0.3, -0.25) is 9.48 Å². The highest BCUT2D eigenvalue weighted by Gasteiger charge is 2.03. The highest BCUT2D eigenvalue weighted by Crippen LogP contribution is 2.11. The second-order valence-corrected chi connectivity index (χ2v) is 5.67. The summed E-state index contributed by atoms with van der Waals surface area (Å²) in [7, 11) is 0. The van der Waals surface area contributed by atoms with Crippen LogP contribution in [0.3, 0.4) is 0 Å². The first-order valence-electron chi connectivity index (χ1n) is 7.93. The van der Waals surface area contributed by atoms with Gasteiger partial charge in [0.2, 0.25) is 0 Å². The molecule has 0 saturated heterocycles. The molecule has 1 heterocycles. The number of nitrogens with zero attached hydrogens (tertiary/aromatic N) is 2. The van der Waals surface area contributed by atoms with E-state index in [2.05, 4.69) is 29.5 Å². The summed E-state index contributed by atoms with van der Waals surface area (Å²) in [5, 5.41) is 7.39. The van der Waals surface area contributed by atoms with Crippen molar-refractivity contribution in [3.63, 3.8) is 0 Å². The Balaban J connectivity index is 1.59. The van der Waals surface area contributed by atoms with E-state index in [0.717, 1.165) is 0 Å². The molecule has 3 rings (SSSR count). The van der Waals surface area contributed by atoms with Crippen LogP contribution in [-0.4, -0.2) is 15.6 Å². The molecular weight excluding hydrogens is 317 g/mol. The Bertz CT molecular complexity index is 897. The van der Waals surface area contributed by atoms with Gasteiger partial charge in [-0.05, 0) is 42.3 Å². The summed E-state index contributed by atoms with van der Waals surface area (Å²) >= 11 is 0. The molecule has 126 valence electrons. The number of halogens is 1. The molecular formula is C20H18FN3O. The van der Waals surface area contributed by atoms with Crippen LogP contribution in [0.1, 0.15) is 21.5 Å². The molecule has 0 aliphatic rings. The Morgan fingerprint density at radius 1 is 1.16 bits per heavy atom. The third-order valence-electron chi connectivity index (χ3n) is 3.83. The number of carbonyl (C=O) groups is 1. The van der Waals surface area contributed by atoms with Gasteiger partial charge in [-0.25, -0.2) is 4.39 Å². The van der Waals surface area contributed by atoms with Crippen LogP contribution in [0.15, 0.2) is 73.1 Å². The topological polar surface area (TPSA) is 46.9 Å². The number of allylic oxidation sites excluding steroid dienone is 1. The SMILES string of the molecule is Cc1ccccc1Cn1ccc(N/C=C/C(=O)c2ccc(F)cc2)n1. The molecule has 1 N–H and O–H groups in total. The largest absolute Gasteiger partial charge is 0.345 e. The molecule has 1 aromatic heterocycles. The summed E-state index contributed by atoms with van der Waals surface area (Å²) in [6.07, 6.45) is 4.81. The molecule has 0 fully saturated rings. The van der Waals surface area contributed by atoms with Crippen LogP contribution < -0.4 is 5.32 Å². The van der Waals surface area contributed by atoms with Crippen LogP contribution in [0.5, 0.6) is 0 Å². The molecule has 0 atom stereocenters. The molecule has 0 aliphatic carbocycles. The predicted molar refractivity (Wildman–Crippen MR) is 96.0 cm³/mol. The molecule has 0 aliphatic heterocycles. The van der Waals surface area contributed by atoms with Crippen LogP contribution >= 0.6 is 0 Å². The van der Waals surface area contributed by atoms with Gasteiger partial charge in [0.15, 0.2) is 11.6 Å². The Hall–Kier alpha value is -3.21. The third-order valence-corrected chi connectivity index (χ3v) is 3.83. The molecule has 25 heavy (non-hydrogen) atoms. The molecule has 3 aromatic rings. The number of anilines is 1. The minimum absolute atomic E-state index is 0.202. The number of nitrogens with one attached hydrogen (secondary N) is 1. The number of aromatic nitrogens is 2. The Morgan fingerprint density at radius 2 is 1.92 bits per heavy atom. The zero-order valence-corrected chi connectivity index (χ0v) is 13.8. The minimum Gasteiger partial charge on any atom is -0.345 e. The van der Waals surface area contributed by atoms with Crippen molar-refractivity contribution in [1.29, 1.82) is 0 Å². The maximum absolute atomic E-state index is 12.9. The zero-order valence-electron chi connectivity index (χ0n) is 13.8. The van der Waals surface area contributed by atoms with E-state index in [9.17, 15) is 9.18 Å². The van der Waals surface area contributed by atoms with Gasteiger partial charge in [0.1, 0.15) is 5.82 Å². The summed E-state index contributed by atoms with van der Waals surface area (Å²) in [6.45, 7) is 2.76. The van der Waals surface area contributed by atoms with Crippen molar-refractivity contribution in [2.45, 2.75) is 13.5 Å². The second-order valence-electron chi connectivity index (χ2n) is 5.67. The monoisotopic (exact) mass is 335 g/mol. The fourth-order valence-electron chi connectivity index (χ4n) is 2.40. The number of carbonyl (C=O) groups excluding carboxylic acids is 1. The van der Waals surface area contributed by atoms with Gasteiger partial charge >= 0.3 is 0 Å². The summed E-state index contributed by atoms with van der Waals surface area (Å²) in [4.78, 5) is 12.0. The summed E-state index contributed by atoms with van der Waals surface area (Å²) in [6, 6.07) is 15.5.